The Morgan fingerprint density at radius 2 is 2.31 bits per heavy atom. The lowest BCUT2D eigenvalue weighted by atomic mass is 10.2. The lowest BCUT2D eigenvalue weighted by molar-refractivity contribution is -0.143. The predicted octanol–water partition coefficient (Wildman–Crippen LogP) is 3.31. The van der Waals surface area contributed by atoms with Gasteiger partial charge in [0.15, 0.2) is 0 Å². The monoisotopic (exact) mass is 353 g/mol. The summed E-state index contributed by atoms with van der Waals surface area (Å²) in [4.78, 5) is 11.4. The lowest BCUT2D eigenvalue weighted by Crippen LogP contribution is -2.28. The van der Waals surface area contributed by atoms with Crippen molar-refractivity contribution in [3.8, 4) is 0 Å². The maximum absolute atomic E-state index is 11.4. The molecule has 0 saturated heterocycles. The molecule has 0 bridgehead atoms. The van der Waals surface area contributed by atoms with E-state index < -0.39 is 0 Å². The van der Waals surface area contributed by atoms with Gasteiger partial charge in [0, 0.05) is 14.3 Å². The topological polar surface area (TPSA) is 38.3 Å². The fraction of sp³-hybridized carbons (Fsp3) is 0.364. The second-order valence-electron chi connectivity index (χ2n) is 3.24. The molecule has 1 aromatic rings. The van der Waals surface area contributed by atoms with E-state index in [9.17, 15) is 4.79 Å². The molecular weight excluding hydrogens is 340 g/mol. The van der Waals surface area contributed by atoms with Gasteiger partial charge in [-0.15, -0.1) is 0 Å². The van der Waals surface area contributed by atoms with E-state index >= 15 is 0 Å². The van der Waals surface area contributed by atoms with Crippen LogP contribution in [-0.2, 0) is 9.53 Å². The van der Waals surface area contributed by atoms with Crippen LogP contribution >= 0.6 is 34.2 Å². The summed E-state index contributed by atoms with van der Waals surface area (Å²) in [7, 11) is 0. The molecule has 0 aliphatic heterocycles. The largest absolute Gasteiger partial charge is 0.464 e. The summed E-state index contributed by atoms with van der Waals surface area (Å²) in [5.41, 5.74) is 0.880. The molecule has 1 rings (SSSR count). The number of carbonyl (C=O) groups excluding carboxylic acids is 1. The van der Waals surface area contributed by atoms with Crippen LogP contribution < -0.4 is 5.32 Å². The number of benzene rings is 1. The Hall–Kier alpha value is -0.490. The third-order valence-electron chi connectivity index (χ3n) is 1.94. The zero-order valence-corrected chi connectivity index (χ0v) is 12.0. The van der Waals surface area contributed by atoms with Crippen molar-refractivity contribution in [3.63, 3.8) is 0 Å². The van der Waals surface area contributed by atoms with Crippen LogP contribution in [-0.4, -0.2) is 18.6 Å². The molecule has 1 N–H and O–H groups in total. The van der Waals surface area contributed by atoms with Crippen molar-refractivity contribution < 1.29 is 9.53 Å². The van der Waals surface area contributed by atoms with Crippen LogP contribution in [0.25, 0.3) is 0 Å². The van der Waals surface area contributed by atoms with E-state index in [1.54, 1.807) is 19.9 Å². The summed E-state index contributed by atoms with van der Waals surface area (Å²) in [5, 5.41) is 3.76. The fourth-order valence-electron chi connectivity index (χ4n) is 1.17. The summed E-state index contributed by atoms with van der Waals surface area (Å²) >= 11 is 8.01. The molecule has 0 aromatic heterocycles. The molecule has 0 aliphatic rings. The van der Waals surface area contributed by atoms with Crippen molar-refractivity contribution in [1.82, 2.24) is 0 Å². The highest BCUT2D eigenvalue weighted by Gasteiger charge is 2.14. The smallest absolute Gasteiger partial charge is 0.328 e. The minimum atomic E-state index is -0.366. The van der Waals surface area contributed by atoms with Gasteiger partial charge in [-0.25, -0.2) is 4.79 Å². The molecule has 1 unspecified atom stereocenters. The Balaban J connectivity index is 2.69. The van der Waals surface area contributed by atoms with Crippen LogP contribution in [0.3, 0.4) is 0 Å². The molecule has 5 heteroatoms. The Labute approximate surface area is 114 Å². The normalized spacial score (nSPS) is 12.0. The first kappa shape index (κ1) is 13.6. The maximum atomic E-state index is 11.4. The van der Waals surface area contributed by atoms with Gasteiger partial charge in [-0.2, -0.15) is 0 Å². The Morgan fingerprint density at radius 1 is 1.62 bits per heavy atom. The molecule has 0 saturated carbocycles. The van der Waals surface area contributed by atoms with E-state index in [2.05, 4.69) is 27.9 Å². The number of hydrogen-bond acceptors (Lipinski definition) is 3. The highest BCUT2D eigenvalue weighted by Crippen LogP contribution is 2.22. The van der Waals surface area contributed by atoms with Crippen LogP contribution in [0, 0.1) is 3.57 Å². The van der Waals surface area contributed by atoms with Gasteiger partial charge >= 0.3 is 5.97 Å². The molecule has 0 amide bonds. The van der Waals surface area contributed by atoms with Crippen LogP contribution in [0.5, 0.6) is 0 Å². The number of nitrogens with one attached hydrogen (secondary N) is 1. The molecule has 0 heterocycles. The van der Waals surface area contributed by atoms with Crippen molar-refractivity contribution in [3.05, 3.63) is 26.8 Å². The second-order valence-corrected chi connectivity index (χ2v) is 4.84. The average Bonchev–Trinajstić information content (AvgIpc) is 2.22. The zero-order valence-electron chi connectivity index (χ0n) is 9.09. The third-order valence-corrected chi connectivity index (χ3v) is 3.07. The molecule has 0 fully saturated rings. The number of rotatable bonds is 4. The molecule has 0 aliphatic carbocycles. The minimum Gasteiger partial charge on any atom is -0.464 e. The molecule has 3 nitrogen and oxygen atoms in total. The quantitative estimate of drug-likeness (QED) is 0.667. The number of carbonyl (C=O) groups is 1. The Morgan fingerprint density at radius 3 is 2.88 bits per heavy atom. The van der Waals surface area contributed by atoms with Gasteiger partial charge in [0.25, 0.3) is 0 Å². The SMILES string of the molecule is CCOC(=O)C(C)Nc1ccc(Cl)cc1I. The van der Waals surface area contributed by atoms with Crippen molar-refractivity contribution in [2.24, 2.45) is 0 Å². The Bertz CT molecular complexity index is 384. The lowest BCUT2D eigenvalue weighted by Gasteiger charge is -2.15. The summed E-state index contributed by atoms with van der Waals surface area (Å²) in [6.07, 6.45) is 0. The van der Waals surface area contributed by atoms with Crippen LogP contribution in [0.15, 0.2) is 18.2 Å². The molecule has 1 aromatic carbocycles. The summed E-state index contributed by atoms with van der Waals surface area (Å²) in [6, 6.07) is 5.10. The van der Waals surface area contributed by atoms with E-state index in [4.69, 9.17) is 16.3 Å². The first-order valence-corrected chi connectivity index (χ1v) is 6.38. The van der Waals surface area contributed by atoms with Crippen molar-refractivity contribution >= 4 is 45.8 Å². The zero-order chi connectivity index (χ0) is 12.1. The minimum absolute atomic E-state index is 0.256. The summed E-state index contributed by atoms with van der Waals surface area (Å²) in [5.74, 6) is -0.256. The third kappa shape index (κ3) is 3.83. The number of esters is 1. The van der Waals surface area contributed by atoms with Gasteiger partial charge in [-0.05, 0) is 54.6 Å². The van der Waals surface area contributed by atoms with E-state index in [1.807, 2.05) is 12.1 Å². The van der Waals surface area contributed by atoms with E-state index in [1.165, 1.54) is 0 Å². The second kappa shape index (κ2) is 6.30. The first-order valence-electron chi connectivity index (χ1n) is 4.92. The van der Waals surface area contributed by atoms with E-state index in [0.717, 1.165) is 9.26 Å². The number of ether oxygens (including phenoxy) is 1. The van der Waals surface area contributed by atoms with Gasteiger partial charge in [0.1, 0.15) is 6.04 Å². The van der Waals surface area contributed by atoms with Gasteiger partial charge < -0.3 is 10.1 Å². The van der Waals surface area contributed by atoms with Crippen LogP contribution in [0.1, 0.15) is 13.8 Å². The van der Waals surface area contributed by atoms with Crippen LogP contribution in [0.2, 0.25) is 5.02 Å². The average molecular weight is 354 g/mol. The highest BCUT2D eigenvalue weighted by atomic mass is 127. The van der Waals surface area contributed by atoms with E-state index in [0.29, 0.717) is 11.6 Å². The predicted molar refractivity (Wildman–Crippen MR) is 73.9 cm³/mol. The first-order chi connectivity index (χ1) is 7.54. The fourth-order valence-corrected chi connectivity index (χ4v) is 2.19. The van der Waals surface area contributed by atoms with Crippen molar-refractivity contribution in [1.29, 1.82) is 0 Å². The van der Waals surface area contributed by atoms with Gasteiger partial charge in [0.05, 0.1) is 6.61 Å². The molecule has 1 atom stereocenters. The highest BCUT2D eigenvalue weighted by molar-refractivity contribution is 14.1. The number of halogens is 2. The van der Waals surface area contributed by atoms with E-state index in [-0.39, 0.29) is 12.0 Å². The Kier molecular flexibility index (Phi) is 5.34. The van der Waals surface area contributed by atoms with Gasteiger partial charge in [-0.3, -0.25) is 0 Å². The summed E-state index contributed by atoms with van der Waals surface area (Å²) in [6.45, 7) is 3.95. The van der Waals surface area contributed by atoms with Gasteiger partial charge in [0.2, 0.25) is 0 Å². The number of anilines is 1. The molecule has 16 heavy (non-hydrogen) atoms. The molecular formula is C11H13ClINO2. The van der Waals surface area contributed by atoms with Gasteiger partial charge in [-0.1, -0.05) is 11.6 Å². The number of hydrogen-bond donors (Lipinski definition) is 1. The van der Waals surface area contributed by atoms with Crippen LogP contribution in [0.4, 0.5) is 5.69 Å². The standard InChI is InChI=1S/C11H13ClINO2/c1-3-16-11(15)7(2)14-10-5-4-8(12)6-9(10)13/h4-7,14H,3H2,1-2H3. The molecule has 0 spiro atoms. The van der Waals surface area contributed by atoms with Crippen molar-refractivity contribution in [2.45, 2.75) is 19.9 Å². The molecule has 0 radical (unpaired) electrons. The molecule has 88 valence electrons. The maximum Gasteiger partial charge on any atom is 0.328 e. The summed E-state index contributed by atoms with van der Waals surface area (Å²) < 4.78 is 5.88. The van der Waals surface area contributed by atoms with Crippen molar-refractivity contribution in [2.75, 3.05) is 11.9 Å².